The summed E-state index contributed by atoms with van der Waals surface area (Å²) in [4.78, 5) is 1.26. The van der Waals surface area contributed by atoms with Crippen molar-refractivity contribution in [1.82, 2.24) is 0 Å². The first kappa shape index (κ1) is 10.9. The van der Waals surface area contributed by atoms with Crippen molar-refractivity contribution in [2.24, 2.45) is 0 Å². The molecule has 3 aliphatic rings. The molecule has 0 aromatic carbocycles. The van der Waals surface area contributed by atoms with Gasteiger partial charge in [-0.15, -0.1) is 11.8 Å². The molecule has 0 saturated carbocycles. The molecule has 1 unspecified atom stereocenters. The predicted octanol–water partition coefficient (Wildman–Crippen LogP) is 3.05. The van der Waals surface area contributed by atoms with Gasteiger partial charge in [-0.1, -0.05) is 30.4 Å². The maximum Gasteiger partial charge on any atom is 0.141 e. The van der Waals surface area contributed by atoms with Crippen LogP contribution in [0.4, 0.5) is 0 Å². The van der Waals surface area contributed by atoms with E-state index in [4.69, 9.17) is 4.74 Å². The van der Waals surface area contributed by atoms with Gasteiger partial charge >= 0.3 is 0 Å². The van der Waals surface area contributed by atoms with Crippen LogP contribution in [0.25, 0.3) is 0 Å². The molecule has 2 nitrogen and oxygen atoms in total. The Morgan fingerprint density at radius 2 is 2.35 bits per heavy atom. The van der Waals surface area contributed by atoms with E-state index in [1.165, 1.54) is 10.5 Å². The van der Waals surface area contributed by atoms with Crippen molar-refractivity contribution >= 4 is 11.8 Å². The summed E-state index contributed by atoms with van der Waals surface area (Å²) in [6.45, 7) is 0.0545. The van der Waals surface area contributed by atoms with Crippen LogP contribution >= 0.6 is 11.8 Å². The van der Waals surface area contributed by atoms with E-state index in [0.717, 1.165) is 24.2 Å². The molecular formula is C14H14O2S. The standard InChI is InChI=1S/C14H14O2S/c15-8-10-5-3-7-13-14(10)16-9-11-4-1-2-6-12(11)17-13/h1-2,4-6,9,12,15H,3,7-8H2. The minimum atomic E-state index is 0.0545. The average molecular weight is 246 g/mol. The lowest BCUT2D eigenvalue weighted by Crippen LogP contribution is -2.05. The van der Waals surface area contributed by atoms with Gasteiger partial charge in [0.05, 0.1) is 18.1 Å². The molecule has 1 atom stereocenters. The normalized spacial score (nSPS) is 26.5. The molecule has 0 amide bonds. The van der Waals surface area contributed by atoms with E-state index in [9.17, 15) is 5.11 Å². The van der Waals surface area contributed by atoms with Crippen molar-refractivity contribution in [3.05, 3.63) is 58.5 Å². The second-order valence-electron chi connectivity index (χ2n) is 4.20. The van der Waals surface area contributed by atoms with Gasteiger partial charge in [0, 0.05) is 16.1 Å². The van der Waals surface area contributed by atoms with Gasteiger partial charge in [0.2, 0.25) is 0 Å². The van der Waals surface area contributed by atoms with Crippen LogP contribution in [-0.4, -0.2) is 17.0 Å². The van der Waals surface area contributed by atoms with Crippen LogP contribution in [0.1, 0.15) is 12.8 Å². The number of allylic oxidation sites excluding steroid dienone is 5. The zero-order chi connectivity index (χ0) is 11.7. The lowest BCUT2D eigenvalue weighted by Gasteiger charge is -2.19. The summed E-state index contributed by atoms with van der Waals surface area (Å²) in [5.41, 5.74) is 2.10. The lowest BCUT2D eigenvalue weighted by molar-refractivity contribution is 0.297. The van der Waals surface area contributed by atoms with Crippen molar-refractivity contribution in [3.8, 4) is 0 Å². The van der Waals surface area contributed by atoms with Gasteiger partial charge in [0.25, 0.3) is 0 Å². The molecular weight excluding hydrogens is 232 g/mol. The van der Waals surface area contributed by atoms with Gasteiger partial charge in [0.1, 0.15) is 5.76 Å². The molecule has 0 bridgehead atoms. The van der Waals surface area contributed by atoms with Crippen molar-refractivity contribution in [2.45, 2.75) is 18.1 Å². The van der Waals surface area contributed by atoms with Gasteiger partial charge in [-0.2, -0.15) is 0 Å². The number of rotatable bonds is 1. The van der Waals surface area contributed by atoms with Crippen LogP contribution in [0.15, 0.2) is 58.5 Å². The first-order valence-electron chi connectivity index (χ1n) is 5.80. The largest absolute Gasteiger partial charge is 0.463 e. The molecule has 0 radical (unpaired) electrons. The second kappa shape index (κ2) is 4.59. The summed E-state index contributed by atoms with van der Waals surface area (Å²) >= 11 is 1.84. The second-order valence-corrected chi connectivity index (χ2v) is 5.43. The molecule has 0 fully saturated rings. The van der Waals surface area contributed by atoms with E-state index >= 15 is 0 Å². The summed E-state index contributed by atoms with van der Waals surface area (Å²) in [6.07, 6.45) is 14.3. The number of ether oxygens (including phenoxy) is 1. The smallest absolute Gasteiger partial charge is 0.141 e. The number of aliphatic hydroxyl groups excluding tert-OH is 1. The maximum absolute atomic E-state index is 9.34. The Kier molecular flexibility index (Phi) is 2.95. The van der Waals surface area contributed by atoms with Crippen LogP contribution in [0.3, 0.4) is 0 Å². The van der Waals surface area contributed by atoms with Gasteiger partial charge < -0.3 is 9.84 Å². The maximum atomic E-state index is 9.34. The third-order valence-electron chi connectivity index (χ3n) is 3.07. The first-order valence-corrected chi connectivity index (χ1v) is 6.68. The van der Waals surface area contributed by atoms with Crippen LogP contribution in [-0.2, 0) is 4.74 Å². The molecule has 1 aliphatic heterocycles. The van der Waals surface area contributed by atoms with Crippen molar-refractivity contribution < 1.29 is 9.84 Å². The Balaban J connectivity index is 1.96. The highest BCUT2D eigenvalue weighted by molar-refractivity contribution is 8.04. The Hall–Kier alpha value is -1.19. The Morgan fingerprint density at radius 1 is 1.41 bits per heavy atom. The monoisotopic (exact) mass is 246 g/mol. The number of aliphatic hydroxyl groups is 1. The summed E-state index contributed by atoms with van der Waals surface area (Å²) in [5, 5.41) is 9.69. The van der Waals surface area contributed by atoms with Gasteiger partial charge in [0.15, 0.2) is 0 Å². The highest BCUT2D eigenvalue weighted by Crippen LogP contribution is 2.41. The molecule has 0 aromatic heterocycles. The predicted molar refractivity (Wildman–Crippen MR) is 70.3 cm³/mol. The van der Waals surface area contributed by atoms with Crippen LogP contribution in [0, 0.1) is 0 Å². The van der Waals surface area contributed by atoms with E-state index in [-0.39, 0.29) is 6.61 Å². The van der Waals surface area contributed by atoms with Crippen molar-refractivity contribution in [3.63, 3.8) is 0 Å². The van der Waals surface area contributed by atoms with E-state index < -0.39 is 0 Å². The van der Waals surface area contributed by atoms with E-state index in [1.54, 1.807) is 0 Å². The third-order valence-corrected chi connectivity index (χ3v) is 4.43. The van der Waals surface area contributed by atoms with Gasteiger partial charge in [-0.25, -0.2) is 0 Å². The summed E-state index contributed by atoms with van der Waals surface area (Å²) in [7, 11) is 0. The molecule has 0 spiro atoms. The fourth-order valence-electron chi connectivity index (χ4n) is 2.18. The summed E-state index contributed by atoms with van der Waals surface area (Å²) in [5.74, 6) is 0.868. The molecule has 17 heavy (non-hydrogen) atoms. The van der Waals surface area contributed by atoms with Crippen molar-refractivity contribution in [1.29, 1.82) is 0 Å². The molecule has 0 aromatic rings. The summed E-state index contributed by atoms with van der Waals surface area (Å²) < 4.78 is 5.76. The molecule has 3 rings (SSSR count). The van der Waals surface area contributed by atoms with Crippen LogP contribution in [0.5, 0.6) is 0 Å². The highest BCUT2D eigenvalue weighted by atomic mass is 32.2. The van der Waals surface area contributed by atoms with Gasteiger partial charge in [-0.3, -0.25) is 0 Å². The fourth-order valence-corrected chi connectivity index (χ4v) is 3.45. The van der Waals surface area contributed by atoms with Crippen LogP contribution < -0.4 is 0 Å². The zero-order valence-corrected chi connectivity index (χ0v) is 10.2. The topological polar surface area (TPSA) is 29.5 Å². The highest BCUT2D eigenvalue weighted by Gasteiger charge is 2.25. The van der Waals surface area contributed by atoms with E-state index in [1.807, 2.05) is 24.1 Å². The minimum Gasteiger partial charge on any atom is -0.463 e. The molecule has 2 aliphatic carbocycles. The molecule has 3 heteroatoms. The van der Waals surface area contributed by atoms with Gasteiger partial charge in [-0.05, 0) is 12.8 Å². The zero-order valence-electron chi connectivity index (χ0n) is 9.43. The third kappa shape index (κ3) is 2.01. The Bertz CT molecular complexity index is 480. The summed E-state index contributed by atoms with van der Waals surface area (Å²) in [6, 6.07) is 0. The molecule has 1 N–H and O–H groups in total. The Labute approximate surface area is 105 Å². The van der Waals surface area contributed by atoms with E-state index in [2.05, 4.69) is 24.3 Å². The number of hydrogen-bond acceptors (Lipinski definition) is 3. The average Bonchev–Trinajstić information content (AvgIpc) is 2.57. The first-order chi connectivity index (χ1) is 8.38. The fraction of sp³-hybridized carbons (Fsp3) is 0.286. The molecule has 88 valence electrons. The lowest BCUT2D eigenvalue weighted by atomic mass is 10.1. The minimum absolute atomic E-state index is 0.0545. The SMILES string of the molecule is OCC1=CCCC2=C1OC=C1C=CC=CC1S2. The van der Waals surface area contributed by atoms with Crippen LogP contribution in [0.2, 0.25) is 0 Å². The molecule has 1 heterocycles. The van der Waals surface area contributed by atoms with Crippen molar-refractivity contribution in [2.75, 3.05) is 6.61 Å². The number of thioether (sulfide) groups is 1. The van der Waals surface area contributed by atoms with E-state index in [0.29, 0.717) is 5.25 Å². The number of fused-ring (bicyclic) bond motifs is 1. The number of hydrogen-bond donors (Lipinski definition) is 1. The Morgan fingerprint density at radius 3 is 3.24 bits per heavy atom. The molecule has 0 saturated heterocycles. The quantitative estimate of drug-likeness (QED) is 0.771.